The molecule has 0 N–H and O–H groups in total. The van der Waals surface area contributed by atoms with Crippen LogP contribution >= 0.6 is 11.3 Å². The van der Waals surface area contributed by atoms with Crippen LogP contribution in [0.5, 0.6) is 0 Å². The number of hydrogen-bond acceptors (Lipinski definition) is 6. The van der Waals surface area contributed by atoms with Crippen molar-refractivity contribution >= 4 is 32.5 Å². The smallest absolute Gasteiger partial charge is 0.408 e. The van der Waals surface area contributed by atoms with E-state index in [1.807, 2.05) is 5.38 Å². The molecule has 0 amide bonds. The zero-order valence-corrected chi connectivity index (χ0v) is 15.2. The van der Waals surface area contributed by atoms with E-state index in [-0.39, 0.29) is 16.4 Å². The topological polar surface area (TPSA) is 85.4 Å². The number of aryl methyl sites for hydroxylation is 1. The predicted octanol–water partition coefficient (Wildman–Crippen LogP) is 2.16. The van der Waals surface area contributed by atoms with Crippen LogP contribution < -0.4 is 5.76 Å². The lowest BCUT2D eigenvalue weighted by Gasteiger charge is -2.30. The van der Waals surface area contributed by atoms with E-state index in [0.717, 1.165) is 17.8 Å². The largest absolute Gasteiger partial charge is 0.419 e. The van der Waals surface area contributed by atoms with E-state index in [1.54, 1.807) is 30.6 Å². The number of oxazole rings is 1. The predicted molar refractivity (Wildman–Crippen MR) is 94.3 cm³/mol. The Morgan fingerprint density at radius 1 is 1.36 bits per heavy atom. The fourth-order valence-corrected chi connectivity index (χ4v) is 5.53. The van der Waals surface area contributed by atoms with Gasteiger partial charge < -0.3 is 4.42 Å². The SMILES string of the molecule is Cn1c(=O)oc2cc(S(=O)(=O)N3CCC[C@@H](c4nccs4)C3)ccc21. The van der Waals surface area contributed by atoms with Gasteiger partial charge in [0.15, 0.2) is 5.58 Å². The van der Waals surface area contributed by atoms with E-state index >= 15 is 0 Å². The lowest BCUT2D eigenvalue weighted by molar-refractivity contribution is 0.315. The molecule has 1 saturated heterocycles. The highest BCUT2D eigenvalue weighted by Crippen LogP contribution is 2.31. The maximum absolute atomic E-state index is 13.0. The summed E-state index contributed by atoms with van der Waals surface area (Å²) in [5, 5.41) is 2.89. The Morgan fingerprint density at radius 3 is 2.96 bits per heavy atom. The molecule has 1 aliphatic rings. The van der Waals surface area contributed by atoms with E-state index in [0.29, 0.717) is 18.6 Å². The van der Waals surface area contributed by atoms with Crippen LogP contribution in [0.4, 0.5) is 0 Å². The van der Waals surface area contributed by atoms with Crippen molar-refractivity contribution in [1.29, 1.82) is 0 Å². The lowest BCUT2D eigenvalue weighted by atomic mass is 10.0. The quantitative estimate of drug-likeness (QED) is 0.696. The van der Waals surface area contributed by atoms with Crippen molar-refractivity contribution < 1.29 is 12.8 Å². The molecule has 1 atom stereocenters. The van der Waals surface area contributed by atoms with Crippen LogP contribution in [0.3, 0.4) is 0 Å². The molecule has 3 heterocycles. The average Bonchev–Trinajstić information content (AvgIpc) is 3.24. The van der Waals surface area contributed by atoms with E-state index in [9.17, 15) is 13.2 Å². The van der Waals surface area contributed by atoms with Crippen LogP contribution in [0.2, 0.25) is 0 Å². The van der Waals surface area contributed by atoms with Crippen LogP contribution in [0.1, 0.15) is 23.8 Å². The number of aromatic nitrogens is 2. The molecule has 0 radical (unpaired) electrons. The molecule has 0 bridgehead atoms. The molecule has 132 valence electrons. The van der Waals surface area contributed by atoms with Crippen LogP contribution in [-0.2, 0) is 17.1 Å². The normalized spacial score (nSPS) is 19.5. The second-order valence-corrected chi connectivity index (χ2v) is 8.99. The maximum atomic E-state index is 13.0. The van der Waals surface area contributed by atoms with Gasteiger partial charge in [-0.05, 0) is 25.0 Å². The van der Waals surface area contributed by atoms with Crippen molar-refractivity contribution in [3.63, 3.8) is 0 Å². The highest BCUT2D eigenvalue weighted by atomic mass is 32.2. The monoisotopic (exact) mass is 379 g/mol. The van der Waals surface area contributed by atoms with Gasteiger partial charge in [0.1, 0.15) is 0 Å². The summed E-state index contributed by atoms with van der Waals surface area (Å²) in [7, 11) is -2.05. The van der Waals surface area contributed by atoms with Crippen molar-refractivity contribution in [2.45, 2.75) is 23.7 Å². The molecule has 25 heavy (non-hydrogen) atoms. The third-order valence-corrected chi connectivity index (χ3v) is 7.39. The second kappa shape index (κ2) is 6.08. The number of sulfonamides is 1. The number of hydrogen-bond donors (Lipinski definition) is 0. The van der Waals surface area contributed by atoms with Crippen molar-refractivity contribution in [3.05, 3.63) is 45.3 Å². The van der Waals surface area contributed by atoms with Gasteiger partial charge in [0.25, 0.3) is 0 Å². The van der Waals surface area contributed by atoms with E-state index < -0.39 is 15.8 Å². The molecule has 1 aliphatic heterocycles. The van der Waals surface area contributed by atoms with Gasteiger partial charge in [0.2, 0.25) is 10.0 Å². The van der Waals surface area contributed by atoms with Gasteiger partial charge in [-0.2, -0.15) is 4.31 Å². The third kappa shape index (κ3) is 2.82. The fourth-order valence-electron chi connectivity index (χ4n) is 3.22. The molecule has 0 unspecified atom stereocenters. The van der Waals surface area contributed by atoms with Crippen molar-refractivity contribution in [2.24, 2.45) is 7.05 Å². The molecular formula is C16H17N3O4S2. The molecule has 1 aromatic carbocycles. The Kier molecular flexibility index (Phi) is 4.01. The summed E-state index contributed by atoms with van der Waals surface area (Å²) in [5.41, 5.74) is 0.852. The van der Waals surface area contributed by atoms with Crippen molar-refractivity contribution in [2.75, 3.05) is 13.1 Å². The molecule has 4 rings (SSSR count). The number of thiazole rings is 1. The number of nitrogens with zero attached hydrogens (tertiary/aromatic N) is 3. The Morgan fingerprint density at radius 2 is 2.20 bits per heavy atom. The molecule has 7 nitrogen and oxygen atoms in total. The lowest BCUT2D eigenvalue weighted by Crippen LogP contribution is -2.39. The summed E-state index contributed by atoms with van der Waals surface area (Å²) in [6, 6.07) is 4.56. The first kappa shape index (κ1) is 16.5. The molecular weight excluding hydrogens is 362 g/mol. The number of fused-ring (bicyclic) bond motifs is 1. The highest BCUT2D eigenvalue weighted by molar-refractivity contribution is 7.89. The van der Waals surface area contributed by atoms with Crippen LogP contribution in [0.25, 0.3) is 11.1 Å². The van der Waals surface area contributed by atoms with Gasteiger partial charge in [-0.3, -0.25) is 4.57 Å². The second-order valence-electron chi connectivity index (χ2n) is 6.13. The first-order valence-electron chi connectivity index (χ1n) is 7.96. The Bertz CT molecular complexity index is 1070. The van der Waals surface area contributed by atoms with Crippen LogP contribution in [0.15, 0.2) is 43.9 Å². The Labute approximate surface area is 148 Å². The highest BCUT2D eigenvalue weighted by Gasteiger charge is 2.32. The minimum Gasteiger partial charge on any atom is -0.408 e. The Balaban J connectivity index is 1.68. The zero-order valence-electron chi connectivity index (χ0n) is 13.6. The summed E-state index contributed by atoms with van der Waals surface area (Å²) < 4.78 is 34.0. The minimum absolute atomic E-state index is 0.127. The molecule has 2 aromatic heterocycles. The molecule has 1 fully saturated rings. The van der Waals surface area contributed by atoms with Gasteiger partial charge in [0, 0.05) is 43.7 Å². The zero-order chi connectivity index (χ0) is 17.6. The first-order chi connectivity index (χ1) is 12.0. The summed E-state index contributed by atoms with van der Waals surface area (Å²) in [5.74, 6) is -0.381. The van der Waals surface area contributed by atoms with Crippen LogP contribution in [0, 0.1) is 0 Å². The van der Waals surface area contributed by atoms with Gasteiger partial charge in [-0.15, -0.1) is 11.3 Å². The number of benzene rings is 1. The van der Waals surface area contributed by atoms with E-state index in [4.69, 9.17) is 4.42 Å². The summed E-state index contributed by atoms with van der Waals surface area (Å²) in [6.45, 7) is 0.910. The summed E-state index contributed by atoms with van der Waals surface area (Å²) in [6.07, 6.45) is 3.48. The summed E-state index contributed by atoms with van der Waals surface area (Å²) >= 11 is 1.56. The third-order valence-electron chi connectivity index (χ3n) is 4.59. The van der Waals surface area contributed by atoms with Gasteiger partial charge in [-0.1, -0.05) is 0 Å². The number of piperidine rings is 1. The van der Waals surface area contributed by atoms with E-state index in [1.165, 1.54) is 21.0 Å². The maximum Gasteiger partial charge on any atom is 0.419 e. The summed E-state index contributed by atoms with van der Waals surface area (Å²) in [4.78, 5) is 16.1. The fraction of sp³-hybridized carbons (Fsp3) is 0.375. The molecule has 0 aliphatic carbocycles. The standard InChI is InChI=1S/C16H17N3O4S2/c1-18-13-5-4-12(9-14(13)23-16(18)20)25(21,22)19-7-2-3-11(10-19)15-17-6-8-24-15/h4-6,8-9,11H,2-3,7,10H2,1H3/t11-/m1/s1. The van der Waals surface area contributed by atoms with Gasteiger partial charge in [-0.25, -0.2) is 18.2 Å². The van der Waals surface area contributed by atoms with E-state index in [2.05, 4.69) is 4.98 Å². The van der Waals surface area contributed by atoms with Crippen molar-refractivity contribution in [3.8, 4) is 0 Å². The molecule has 3 aromatic rings. The molecule has 9 heteroatoms. The van der Waals surface area contributed by atoms with Crippen LogP contribution in [-0.4, -0.2) is 35.4 Å². The average molecular weight is 379 g/mol. The molecule has 0 saturated carbocycles. The first-order valence-corrected chi connectivity index (χ1v) is 10.3. The molecule has 0 spiro atoms. The minimum atomic E-state index is -3.64. The van der Waals surface area contributed by atoms with Gasteiger partial charge in [0.05, 0.1) is 15.4 Å². The van der Waals surface area contributed by atoms with Crippen molar-refractivity contribution in [1.82, 2.24) is 13.9 Å². The number of rotatable bonds is 3. The Hall–Kier alpha value is -1.97. The van der Waals surface area contributed by atoms with Gasteiger partial charge >= 0.3 is 5.76 Å².